The molecule has 0 aromatic carbocycles. The SMILES string of the molecule is COCCn1cnc2c(N3CC4CN(C(=O)c5ccccn5)CC4C3)ncnc21. The highest BCUT2D eigenvalue weighted by Gasteiger charge is 2.42. The number of likely N-dealkylation sites (tertiary alicyclic amines) is 1. The minimum Gasteiger partial charge on any atom is -0.383 e. The number of anilines is 1. The lowest BCUT2D eigenvalue weighted by Gasteiger charge is -2.22. The zero-order valence-corrected chi connectivity index (χ0v) is 16.3. The van der Waals surface area contributed by atoms with Crippen molar-refractivity contribution in [3.05, 3.63) is 42.7 Å². The molecule has 0 N–H and O–H groups in total. The lowest BCUT2D eigenvalue weighted by atomic mass is 10.0. The van der Waals surface area contributed by atoms with Gasteiger partial charge in [-0.05, 0) is 12.1 Å². The van der Waals surface area contributed by atoms with Gasteiger partial charge in [-0.25, -0.2) is 15.0 Å². The topological polar surface area (TPSA) is 89.3 Å². The van der Waals surface area contributed by atoms with Crippen molar-refractivity contribution in [1.82, 2.24) is 29.4 Å². The molecule has 2 unspecified atom stereocenters. The average molecular weight is 393 g/mol. The largest absolute Gasteiger partial charge is 0.383 e. The number of nitrogens with zero attached hydrogens (tertiary/aromatic N) is 7. The first kappa shape index (κ1) is 18.0. The van der Waals surface area contributed by atoms with Crippen LogP contribution in [0.4, 0.5) is 5.82 Å². The third-order valence-corrected chi connectivity index (χ3v) is 5.88. The Bertz CT molecular complexity index is 1010. The number of rotatable bonds is 5. The van der Waals surface area contributed by atoms with Gasteiger partial charge in [0.15, 0.2) is 17.0 Å². The van der Waals surface area contributed by atoms with Crippen LogP contribution in [0.15, 0.2) is 37.1 Å². The number of methoxy groups -OCH3 is 1. The molecule has 29 heavy (non-hydrogen) atoms. The van der Waals surface area contributed by atoms with E-state index in [9.17, 15) is 4.79 Å². The number of pyridine rings is 1. The van der Waals surface area contributed by atoms with Crippen LogP contribution in [0.2, 0.25) is 0 Å². The third-order valence-electron chi connectivity index (χ3n) is 5.88. The second kappa shape index (κ2) is 7.40. The van der Waals surface area contributed by atoms with E-state index in [0.29, 0.717) is 30.7 Å². The Labute approximate surface area is 168 Å². The number of fused-ring (bicyclic) bond motifs is 2. The molecule has 5 heterocycles. The number of imidazole rings is 1. The van der Waals surface area contributed by atoms with Crippen LogP contribution < -0.4 is 4.90 Å². The van der Waals surface area contributed by atoms with Crippen LogP contribution in [-0.2, 0) is 11.3 Å². The average Bonchev–Trinajstić information content (AvgIpc) is 3.45. The summed E-state index contributed by atoms with van der Waals surface area (Å²) in [6, 6.07) is 5.46. The van der Waals surface area contributed by atoms with Gasteiger partial charge in [0, 0.05) is 57.9 Å². The van der Waals surface area contributed by atoms with E-state index in [0.717, 1.165) is 43.2 Å². The number of hydrogen-bond donors (Lipinski definition) is 0. The quantitative estimate of drug-likeness (QED) is 0.641. The summed E-state index contributed by atoms with van der Waals surface area (Å²) in [7, 11) is 1.68. The smallest absolute Gasteiger partial charge is 0.272 e. The van der Waals surface area contributed by atoms with Crippen LogP contribution in [0.3, 0.4) is 0 Å². The first-order chi connectivity index (χ1) is 14.2. The van der Waals surface area contributed by atoms with E-state index >= 15 is 0 Å². The van der Waals surface area contributed by atoms with E-state index in [4.69, 9.17) is 4.74 Å². The molecule has 0 spiro atoms. The van der Waals surface area contributed by atoms with Crippen molar-refractivity contribution in [3.63, 3.8) is 0 Å². The number of aromatic nitrogens is 5. The molecule has 2 aliphatic heterocycles. The minimum absolute atomic E-state index is 0.0212. The number of carbonyl (C=O) groups excluding carboxylic acids is 1. The molecule has 0 aliphatic carbocycles. The molecule has 0 bridgehead atoms. The fourth-order valence-corrected chi connectivity index (χ4v) is 4.44. The summed E-state index contributed by atoms with van der Waals surface area (Å²) in [5.41, 5.74) is 2.17. The third kappa shape index (κ3) is 3.21. The van der Waals surface area contributed by atoms with E-state index in [1.807, 2.05) is 21.6 Å². The molecular formula is C20H23N7O2. The molecular weight excluding hydrogens is 370 g/mol. The molecule has 3 aromatic rings. The molecule has 2 aliphatic rings. The van der Waals surface area contributed by atoms with Gasteiger partial charge in [-0.3, -0.25) is 9.78 Å². The summed E-state index contributed by atoms with van der Waals surface area (Å²) in [5.74, 6) is 1.77. The van der Waals surface area contributed by atoms with Gasteiger partial charge >= 0.3 is 0 Å². The van der Waals surface area contributed by atoms with E-state index in [-0.39, 0.29) is 5.91 Å². The molecule has 9 nitrogen and oxygen atoms in total. The van der Waals surface area contributed by atoms with Crippen LogP contribution in [-0.4, -0.2) is 75.2 Å². The summed E-state index contributed by atoms with van der Waals surface area (Å²) >= 11 is 0. The maximum atomic E-state index is 12.7. The van der Waals surface area contributed by atoms with Gasteiger partial charge in [-0.1, -0.05) is 6.07 Å². The molecule has 0 radical (unpaired) electrons. The number of amides is 1. The predicted molar refractivity (Wildman–Crippen MR) is 107 cm³/mol. The van der Waals surface area contributed by atoms with Crippen LogP contribution in [0.1, 0.15) is 10.5 Å². The molecule has 3 aromatic heterocycles. The maximum absolute atomic E-state index is 12.7. The van der Waals surface area contributed by atoms with E-state index in [2.05, 4.69) is 24.8 Å². The standard InChI is InChI=1S/C20H23N7O2/c1-29-7-6-25-13-24-17-18(25)22-12-23-19(17)26-8-14-10-27(11-15(14)9-26)20(28)16-4-2-3-5-21-16/h2-5,12-15H,6-11H2,1H3. The first-order valence-corrected chi connectivity index (χ1v) is 9.84. The maximum Gasteiger partial charge on any atom is 0.272 e. The minimum atomic E-state index is 0.0212. The van der Waals surface area contributed by atoms with Gasteiger partial charge in [0.2, 0.25) is 0 Å². The number of ether oxygens (including phenoxy) is 1. The van der Waals surface area contributed by atoms with Gasteiger partial charge in [0.1, 0.15) is 12.0 Å². The highest BCUT2D eigenvalue weighted by atomic mass is 16.5. The van der Waals surface area contributed by atoms with Crippen LogP contribution in [0.25, 0.3) is 11.2 Å². The Morgan fingerprint density at radius 2 is 1.93 bits per heavy atom. The van der Waals surface area contributed by atoms with Gasteiger partial charge < -0.3 is 19.1 Å². The zero-order chi connectivity index (χ0) is 19.8. The molecule has 2 saturated heterocycles. The Balaban J connectivity index is 1.31. The van der Waals surface area contributed by atoms with Gasteiger partial charge in [0.05, 0.1) is 12.9 Å². The van der Waals surface area contributed by atoms with E-state index < -0.39 is 0 Å². The lowest BCUT2D eigenvalue weighted by Crippen LogP contribution is -2.34. The van der Waals surface area contributed by atoms with Crippen molar-refractivity contribution < 1.29 is 9.53 Å². The zero-order valence-electron chi connectivity index (χ0n) is 16.3. The van der Waals surface area contributed by atoms with Crippen molar-refractivity contribution in [2.75, 3.05) is 44.8 Å². The predicted octanol–water partition coefficient (Wildman–Crippen LogP) is 1.08. The molecule has 2 fully saturated rings. The van der Waals surface area contributed by atoms with Crippen molar-refractivity contribution in [2.24, 2.45) is 11.8 Å². The van der Waals surface area contributed by atoms with Gasteiger partial charge in [0.25, 0.3) is 5.91 Å². The monoisotopic (exact) mass is 393 g/mol. The molecule has 1 amide bonds. The molecule has 5 rings (SSSR count). The highest BCUT2D eigenvalue weighted by molar-refractivity contribution is 5.92. The Morgan fingerprint density at radius 1 is 1.10 bits per heavy atom. The van der Waals surface area contributed by atoms with E-state index in [1.54, 1.807) is 32.0 Å². The van der Waals surface area contributed by atoms with E-state index in [1.165, 1.54) is 0 Å². The van der Waals surface area contributed by atoms with Crippen LogP contribution in [0.5, 0.6) is 0 Å². The highest BCUT2D eigenvalue weighted by Crippen LogP contribution is 2.35. The fraction of sp³-hybridized carbons (Fsp3) is 0.450. The van der Waals surface area contributed by atoms with Crippen molar-refractivity contribution in [2.45, 2.75) is 6.54 Å². The first-order valence-electron chi connectivity index (χ1n) is 9.84. The molecule has 9 heteroatoms. The summed E-state index contributed by atoms with van der Waals surface area (Å²) < 4.78 is 7.16. The number of hydrogen-bond acceptors (Lipinski definition) is 7. The molecule has 0 saturated carbocycles. The van der Waals surface area contributed by atoms with Crippen molar-refractivity contribution >= 4 is 22.9 Å². The second-order valence-electron chi connectivity index (χ2n) is 7.65. The summed E-state index contributed by atoms with van der Waals surface area (Å²) in [6.07, 6.45) is 5.07. The van der Waals surface area contributed by atoms with Crippen LogP contribution >= 0.6 is 0 Å². The lowest BCUT2D eigenvalue weighted by molar-refractivity contribution is 0.0777. The summed E-state index contributed by atoms with van der Waals surface area (Å²) in [4.78, 5) is 34.6. The Morgan fingerprint density at radius 3 is 2.66 bits per heavy atom. The van der Waals surface area contributed by atoms with Gasteiger partial charge in [-0.2, -0.15) is 0 Å². The Hall–Kier alpha value is -3.07. The van der Waals surface area contributed by atoms with Crippen molar-refractivity contribution in [3.8, 4) is 0 Å². The second-order valence-corrected chi connectivity index (χ2v) is 7.65. The Kier molecular flexibility index (Phi) is 4.59. The normalized spacial score (nSPS) is 21.1. The van der Waals surface area contributed by atoms with Crippen molar-refractivity contribution in [1.29, 1.82) is 0 Å². The fourth-order valence-electron chi connectivity index (χ4n) is 4.44. The number of carbonyl (C=O) groups is 1. The van der Waals surface area contributed by atoms with Crippen LogP contribution in [0, 0.1) is 11.8 Å². The summed E-state index contributed by atoms with van der Waals surface area (Å²) in [6.45, 7) is 4.57. The molecule has 150 valence electrons. The molecule has 2 atom stereocenters. The summed E-state index contributed by atoms with van der Waals surface area (Å²) in [5, 5.41) is 0. The van der Waals surface area contributed by atoms with Gasteiger partial charge in [-0.15, -0.1) is 0 Å².